The molecule has 1 fully saturated rings. The average molecular weight is 364 g/mol. The molecule has 5 nitrogen and oxygen atoms in total. The van der Waals surface area contributed by atoms with E-state index in [0.29, 0.717) is 12.0 Å². The van der Waals surface area contributed by atoms with Crippen LogP contribution in [0.2, 0.25) is 0 Å². The van der Waals surface area contributed by atoms with Crippen LogP contribution < -0.4 is 4.90 Å². The van der Waals surface area contributed by atoms with E-state index in [-0.39, 0.29) is 0 Å². The van der Waals surface area contributed by atoms with Gasteiger partial charge in [0.2, 0.25) is 0 Å². The van der Waals surface area contributed by atoms with Crippen LogP contribution in [-0.2, 0) is 6.42 Å². The summed E-state index contributed by atoms with van der Waals surface area (Å²) in [5.41, 5.74) is 2.53. The Morgan fingerprint density at radius 3 is 2.74 bits per heavy atom. The quantitative estimate of drug-likeness (QED) is 0.876. The van der Waals surface area contributed by atoms with E-state index in [1.807, 2.05) is 0 Å². The molecule has 1 atom stereocenters. The van der Waals surface area contributed by atoms with Gasteiger partial charge in [-0.05, 0) is 31.2 Å². The maximum absolute atomic E-state index is 5.13. The Hall–Kier alpha value is -2.30. The summed E-state index contributed by atoms with van der Waals surface area (Å²) < 4.78 is 0. The van der Waals surface area contributed by atoms with Crippen molar-refractivity contribution in [3.8, 4) is 0 Å². The number of rotatable bonds is 5. The normalized spacial score (nSPS) is 22.1. The highest BCUT2D eigenvalue weighted by Crippen LogP contribution is 2.37. The maximum atomic E-state index is 5.13. The highest BCUT2D eigenvalue weighted by molar-refractivity contribution is 6.04. The van der Waals surface area contributed by atoms with Crippen molar-refractivity contribution in [3.63, 3.8) is 0 Å². The number of H-pyrrole nitrogens is 1. The third kappa shape index (κ3) is 3.13. The summed E-state index contributed by atoms with van der Waals surface area (Å²) >= 11 is 0. The molecule has 5 rings (SSSR count). The Labute approximate surface area is 161 Å². The van der Waals surface area contributed by atoms with Crippen molar-refractivity contribution in [2.45, 2.75) is 57.4 Å². The van der Waals surface area contributed by atoms with Crippen LogP contribution in [0.25, 0.3) is 0 Å². The largest absolute Gasteiger partial charge is 0.337 e. The van der Waals surface area contributed by atoms with Gasteiger partial charge in [0.1, 0.15) is 11.5 Å². The number of aromatic amines is 1. The zero-order valence-corrected chi connectivity index (χ0v) is 16.2. The second-order valence-corrected chi connectivity index (χ2v) is 8.23. The number of hydrogen-bond donors (Lipinski definition) is 1. The summed E-state index contributed by atoms with van der Waals surface area (Å²) in [5, 5.41) is 0. The van der Waals surface area contributed by atoms with Gasteiger partial charge in [-0.3, -0.25) is 4.99 Å². The summed E-state index contributed by atoms with van der Waals surface area (Å²) in [6, 6.07) is 11.1. The number of anilines is 1. The molecule has 2 aliphatic heterocycles. The Morgan fingerprint density at radius 1 is 1.15 bits per heavy atom. The molecule has 0 spiro atoms. The first-order valence-corrected chi connectivity index (χ1v) is 10.5. The van der Waals surface area contributed by atoms with Crippen molar-refractivity contribution in [2.75, 3.05) is 24.7 Å². The van der Waals surface area contributed by atoms with Crippen molar-refractivity contribution in [1.29, 1.82) is 0 Å². The second-order valence-electron chi connectivity index (χ2n) is 8.23. The summed E-state index contributed by atoms with van der Waals surface area (Å²) in [6.07, 6.45) is 7.36. The van der Waals surface area contributed by atoms with Gasteiger partial charge in [0, 0.05) is 19.0 Å². The van der Waals surface area contributed by atoms with Gasteiger partial charge in [0.15, 0.2) is 11.7 Å². The van der Waals surface area contributed by atoms with Crippen molar-refractivity contribution in [2.24, 2.45) is 4.99 Å². The lowest BCUT2D eigenvalue weighted by Crippen LogP contribution is -2.46. The molecular weight excluding hydrogens is 334 g/mol. The van der Waals surface area contributed by atoms with Crippen LogP contribution in [-0.4, -0.2) is 46.5 Å². The third-order valence-electron chi connectivity index (χ3n) is 6.15. The Balaban J connectivity index is 1.45. The molecule has 1 aliphatic carbocycles. The fourth-order valence-corrected chi connectivity index (χ4v) is 4.86. The van der Waals surface area contributed by atoms with E-state index >= 15 is 0 Å². The minimum atomic E-state index is 0.329. The number of amidine groups is 1. The van der Waals surface area contributed by atoms with E-state index in [1.54, 1.807) is 0 Å². The Kier molecular flexibility index (Phi) is 4.38. The second kappa shape index (κ2) is 7.02. The fraction of sp³-hybridized carbons (Fsp3) is 0.545. The first kappa shape index (κ1) is 16.8. The van der Waals surface area contributed by atoms with Crippen LogP contribution in [0.15, 0.2) is 35.3 Å². The zero-order chi connectivity index (χ0) is 18.2. The van der Waals surface area contributed by atoms with Crippen molar-refractivity contribution in [3.05, 3.63) is 47.4 Å². The molecular formula is C22H29N5. The minimum absolute atomic E-state index is 0.329. The van der Waals surface area contributed by atoms with Crippen LogP contribution in [0.4, 0.5) is 5.82 Å². The van der Waals surface area contributed by atoms with Gasteiger partial charge in [-0.15, -0.1) is 0 Å². The zero-order valence-electron chi connectivity index (χ0n) is 16.2. The molecule has 3 aliphatic rings. The van der Waals surface area contributed by atoms with Crippen LogP contribution in [0.5, 0.6) is 0 Å². The molecule has 5 heteroatoms. The van der Waals surface area contributed by atoms with Gasteiger partial charge >= 0.3 is 0 Å². The molecule has 142 valence electrons. The molecule has 1 aromatic carbocycles. The molecule has 1 aromatic heterocycles. The molecule has 0 radical (unpaired) electrons. The summed E-state index contributed by atoms with van der Waals surface area (Å²) in [7, 11) is 0. The number of nitrogens with zero attached hydrogens (tertiary/aromatic N) is 4. The smallest absolute Gasteiger partial charge is 0.159 e. The summed E-state index contributed by atoms with van der Waals surface area (Å²) in [6.45, 7) is 5.21. The van der Waals surface area contributed by atoms with E-state index in [9.17, 15) is 0 Å². The number of benzene rings is 1. The first-order valence-electron chi connectivity index (χ1n) is 10.5. The molecule has 0 saturated heterocycles. The monoisotopic (exact) mass is 363 g/mol. The van der Waals surface area contributed by atoms with Crippen LogP contribution in [0.1, 0.15) is 62.0 Å². The van der Waals surface area contributed by atoms with E-state index in [1.165, 1.54) is 37.1 Å². The van der Waals surface area contributed by atoms with Gasteiger partial charge in [-0.25, -0.2) is 4.98 Å². The van der Waals surface area contributed by atoms with Crippen LogP contribution >= 0.6 is 0 Å². The van der Waals surface area contributed by atoms with E-state index in [0.717, 1.165) is 49.9 Å². The van der Waals surface area contributed by atoms with Crippen LogP contribution in [0, 0.1) is 0 Å². The van der Waals surface area contributed by atoms with Gasteiger partial charge in [0.05, 0.1) is 12.7 Å². The highest BCUT2D eigenvalue weighted by atomic mass is 15.4. The molecule has 2 aromatic rings. The summed E-state index contributed by atoms with van der Waals surface area (Å²) in [4.78, 5) is 18.8. The first-order chi connectivity index (χ1) is 13.3. The molecule has 1 saturated carbocycles. The number of aromatic nitrogens is 2. The lowest BCUT2D eigenvalue weighted by molar-refractivity contribution is 0.406. The van der Waals surface area contributed by atoms with Gasteiger partial charge in [-0.1, -0.05) is 50.1 Å². The predicted molar refractivity (Wildman–Crippen MR) is 109 cm³/mol. The minimum Gasteiger partial charge on any atom is -0.337 e. The molecule has 1 unspecified atom stereocenters. The Morgan fingerprint density at radius 2 is 1.96 bits per heavy atom. The standard InChI is InChI=1S/C22H29N5/c1-2-12-26-15-27-14-18(13-16-8-4-3-5-9-16)23-21(27)19-22(26)25-20(24-19)17-10-6-7-11-17/h3-5,8-9,17-18H,2,6-7,10-15H2,1H3,(H,24,25). The number of nitrogens with one attached hydrogen (secondary N) is 1. The van der Waals surface area contributed by atoms with Crippen molar-refractivity contribution < 1.29 is 0 Å². The van der Waals surface area contributed by atoms with Crippen molar-refractivity contribution in [1.82, 2.24) is 14.9 Å². The molecule has 0 amide bonds. The van der Waals surface area contributed by atoms with E-state index in [2.05, 4.69) is 52.0 Å². The van der Waals surface area contributed by atoms with Gasteiger partial charge in [-0.2, -0.15) is 0 Å². The van der Waals surface area contributed by atoms with Gasteiger partial charge in [0.25, 0.3) is 0 Å². The molecule has 0 bridgehead atoms. The van der Waals surface area contributed by atoms with Gasteiger partial charge < -0.3 is 14.8 Å². The lowest BCUT2D eigenvalue weighted by atomic mass is 10.1. The number of hydrogen-bond acceptors (Lipinski definition) is 4. The van der Waals surface area contributed by atoms with E-state index in [4.69, 9.17) is 9.98 Å². The third-order valence-corrected chi connectivity index (χ3v) is 6.15. The average Bonchev–Trinajstić information content (AvgIpc) is 3.41. The van der Waals surface area contributed by atoms with Crippen molar-refractivity contribution >= 4 is 11.7 Å². The summed E-state index contributed by atoms with van der Waals surface area (Å²) in [5.74, 6) is 4.06. The SMILES string of the molecule is CCCN1CN2CC(Cc3ccccc3)N=C2c2[nH]c(C3CCCC3)nc21. The highest BCUT2D eigenvalue weighted by Gasteiger charge is 2.37. The predicted octanol–water partition coefficient (Wildman–Crippen LogP) is 3.93. The molecule has 1 N–H and O–H groups in total. The maximum Gasteiger partial charge on any atom is 0.159 e. The molecule has 3 heterocycles. The van der Waals surface area contributed by atoms with E-state index < -0.39 is 0 Å². The number of imidazole rings is 1. The molecule has 27 heavy (non-hydrogen) atoms. The number of aliphatic imine (C=N–C) groups is 1. The van der Waals surface area contributed by atoms with Crippen LogP contribution in [0.3, 0.4) is 0 Å². The Bertz CT molecular complexity index is 818. The fourth-order valence-electron chi connectivity index (χ4n) is 4.86. The lowest BCUT2D eigenvalue weighted by Gasteiger charge is -2.34. The number of fused-ring (bicyclic) bond motifs is 3. The topological polar surface area (TPSA) is 47.5 Å².